The van der Waals surface area contributed by atoms with Gasteiger partial charge in [0.1, 0.15) is 5.82 Å². The highest BCUT2D eigenvalue weighted by Crippen LogP contribution is 2.19. The van der Waals surface area contributed by atoms with E-state index in [1.165, 1.54) is 11.8 Å². The van der Waals surface area contributed by atoms with Crippen molar-refractivity contribution in [3.8, 4) is 0 Å². The summed E-state index contributed by atoms with van der Waals surface area (Å²) in [4.78, 5) is 28.1. The number of ether oxygens (including phenoxy) is 1. The van der Waals surface area contributed by atoms with Crippen molar-refractivity contribution in [2.45, 2.75) is 64.4 Å². The van der Waals surface area contributed by atoms with Crippen LogP contribution in [0.5, 0.6) is 0 Å². The summed E-state index contributed by atoms with van der Waals surface area (Å²) >= 11 is 1.53. The van der Waals surface area contributed by atoms with Gasteiger partial charge in [0.15, 0.2) is 5.16 Å². The Balaban J connectivity index is 1.49. The van der Waals surface area contributed by atoms with Crippen LogP contribution in [0.3, 0.4) is 0 Å². The number of thioether (sulfide) groups is 1. The van der Waals surface area contributed by atoms with Crippen molar-refractivity contribution in [2.24, 2.45) is 0 Å². The third-order valence-corrected chi connectivity index (χ3v) is 5.77. The average Bonchev–Trinajstić information content (AvgIpc) is 2.71. The molecule has 0 radical (unpaired) electrons. The van der Waals surface area contributed by atoms with E-state index in [0.717, 1.165) is 46.6 Å². The molecule has 8 heteroatoms. The predicted molar refractivity (Wildman–Crippen MR) is 120 cm³/mol. The summed E-state index contributed by atoms with van der Waals surface area (Å²) in [5, 5.41) is 3.76. The van der Waals surface area contributed by atoms with E-state index < -0.39 is 0 Å². The molecule has 1 aliphatic heterocycles. The zero-order chi connectivity index (χ0) is 21.7. The van der Waals surface area contributed by atoms with Crippen LogP contribution in [0.15, 0.2) is 23.5 Å². The number of hydrogen-bond acceptors (Lipinski definition) is 7. The SMILES string of the molecule is CSc1nc(C)c(CCC(=O)NCc2ccc(N3C[C@@H](C)O[C@@H](C)C3)nc2)c(C)n1. The van der Waals surface area contributed by atoms with Crippen LogP contribution in [-0.4, -0.2) is 52.4 Å². The van der Waals surface area contributed by atoms with Gasteiger partial charge < -0.3 is 15.0 Å². The molecule has 1 N–H and O–H groups in total. The molecular formula is C22H31N5O2S. The third-order valence-electron chi connectivity index (χ3n) is 5.23. The first-order valence-electron chi connectivity index (χ1n) is 10.4. The van der Waals surface area contributed by atoms with Crippen molar-refractivity contribution in [2.75, 3.05) is 24.2 Å². The lowest BCUT2D eigenvalue weighted by molar-refractivity contribution is -0.121. The van der Waals surface area contributed by atoms with Crippen LogP contribution in [0.4, 0.5) is 5.82 Å². The molecule has 1 aliphatic rings. The molecule has 2 aromatic heterocycles. The molecule has 30 heavy (non-hydrogen) atoms. The summed E-state index contributed by atoms with van der Waals surface area (Å²) in [5.74, 6) is 0.967. The van der Waals surface area contributed by atoms with Gasteiger partial charge in [-0.3, -0.25) is 4.79 Å². The van der Waals surface area contributed by atoms with E-state index in [1.807, 2.05) is 38.4 Å². The molecule has 1 amide bonds. The molecule has 1 fully saturated rings. The number of morpholine rings is 1. The molecule has 0 saturated carbocycles. The smallest absolute Gasteiger partial charge is 0.220 e. The largest absolute Gasteiger partial charge is 0.372 e. The number of aromatic nitrogens is 3. The summed E-state index contributed by atoms with van der Waals surface area (Å²) in [7, 11) is 0. The molecule has 0 aliphatic carbocycles. The second-order valence-corrected chi connectivity index (χ2v) is 8.60. The van der Waals surface area contributed by atoms with Gasteiger partial charge in [-0.25, -0.2) is 15.0 Å². The summed E-state index contributed by atoms with van der Waals surface area (Å²) < 4.78 is 5.78. The van der Waals surface area contributed by atoms with Crippen LogP contribution in [0.2, 0.25) is 0 Å². The fourth-order valence-corrected chi connectivity index (χ4v) is 4.22. The Labute approximate surface area is 183 Å². The van der Waals surface area contributed by atoms with Crippen LogP contribution in [-0.2, 0) is 22.5 Å². The van der Waals surface area contributed by atoms with Gasteiger partial charge in [-0.15, -0.1) is 0 Å². The maximum Gasteiger partial charge on any atom is 0.220 e. The molecule has 2 atom stereocenters. The van der Waals surface area contributed by atoms with Gasteiger partial charge in [0.25, 0.3) is 0 Å². The molecule has 0 unspecified atom stereocenters. The Kier molecular flexibility index (Phi) is 7.66. The van der Waals surface area contributed by atoms with Crippen molar-refractivity contribution in [3.63, 3.8) is 0 Å². The van der Waals surface area contributed by atoms with Gasteiger partial charge in [0.2, 0.25) is 5.91 Å². The van der Waals surface area contributed by atoms with E-state index in [9.17, 15) is 4.79 Å². The van der Waals surface area contributed by atoms with E-state index in [0.29, 0.717) is 19.4 Å². The number of carbonyl (C=O) groups excluding carboxylic acids is 1. The molecule has 0 spiro atoms. The fraction of sp³-hybridized carbons (Fsp3) is 0.545. The average molecular weight is 430 g/mol. The van der Waals surface area contributed by atoms with Crippen LogP contribution in [0.25, 0.3) is 0 Å². The first-order valence-corrected chi connectivity index (χ1v) is 11.6. The lowest BCUT2D eigenvalue weighted by Crippen LogP contribution is -2.45. The maximum absolute atomic E-state index is 12.3. The second kappa shape index (κ2) is 10.2. The highest BCUT2D eigenvalue weighted by atomic mass is 32.2. The van der Waals surface area contributed by atoms with E-state index in [1.54, 1.807) is 0 Å². The fourth-order valence-electron chi connectivity index (χ4n) is 3.76. The predicted octanol–water partition coefficient (Wildman–Crippen LogP) is 3.07. The van der Waals surface area contributed by atoms with Crippen molar-refractivity contribution < 1.29 is 9.53 Å². The molecule has 2 aromatic rings. The van der Waals surface area contributed by atoms with Crippen LogP contribution in [0, 0.1) is 13.8 Å². The lowest BCUT2D eigenvalue weighted by Gasteiger charge is -2.36. The second-order valence-electron chi connectivity index (χ2n) is 7.82. The minimum absolute atomic E-state index is 0.0163. The normalized spacial score (nSPS) is 19.0. The first kappa shape index (κ1) is 22.5. The standard InChI is InChI=1S/C22H31N5O2S/c1-14-12-27(13-15(2)29-14)20-8-6-18(10-23-20)11-24-21(28)9-7-19-16(3)25-22(30-5)26-17(19)4/h6,8,10,14-15H,7,9,11-13H2,1-5H3,(H,24,28)/t14-,15+. The molecule has 3 rings (SSSR count). The van der Waals surface area contributed by atoms with Gasteiger partial charge in [-0.1, -0.05) is 17.8 Å². The van der Waals surface area contributed by atoms with Crippen molar-refractivity contribution in [3.05, 3.63) is 40.8 Å². The van der Waals surface area contributed by atoms with Crippen LogP contribution < -0.4 is 10.2 Å². The minimum Gasteiger partial charge on any atom is -0.372 e. The number of amides is 1. The zero-order valence-corrected chi connectivity index (χ0v) is 19.3. The molecule has 0 aromatic carbocycles. The monoisotopic (exact) mass is 429 g/mol. The maximum atomic E-state index is 12.3. The molecule has 7 nitrogen and oxygen atoms in total. The van der Waals surface area contributed by atoms with E-state index in [4.69, 9.17) is 4.74 Å². The number of pyridine rings is 1. The van der Waals surface area contributed by atoms with Gasteiger partial charge in [0.05, 0.1) is 12.2 Å². The third kappa shape index (κ3) is 5.92. The number of anilines is 1. The van der Waals surface area contributed by atoms with Crippen LogP contribution >= 0.6 is 11.8 Å². The molecule has 1 saturated heterocycles. The lowest BCUT2D eigenvalue weighted by atomic mass is 10.1. The Hall–Kier alpha value is -2.19. The molecule has 162 valence electrons. The minimum atomic E-state index is 0.0163. The summed E-state index contributed by atoms with van der Waals surface area (Å²) in [6, 6.07) is 4.04. The van der Waals surface area contributed by atoms with Crippen molar-refractivity contribution in [1.29, 1.82) is 0 Å². The zero-order valence-electron chi connectivity index (χ0n) is 18.4. The molecule has 3 heterocycles. The quantitative estimate of drug-likeness (QED) is 0.535. The highest BCUT2D eigenvalue weighted by Gasteiger charge is 2.23. The molecular weight excluding hydrogens is 398 g/mol. The van der Waals surface area contributed by atoms with Gasteiger partial charge in [-0.2, -0.15) is 0 Å². The molecule has 0 bridgehead atoms. The van der Waals surface area contributed by atoms with Gasteiger partial charge in [0, 0.05) is 43.6 Å². The van der Waals surface area contributed by atoms with Crippen molar-refractivity contribution >= 4 is 23.5 Å². The number of aryl methyl sites for hydroxylation is 2. The number of nitrogens with zero attached hydrogens (tertiary/aromatic N) is 4. The topological polar surface area (TPSA) is 80.2 Å². The number of carbonyl (C=O) groups is 1. The van der Waals surface area contributed by atoms with Gasteiger partial charge in [-0.05, 0) is 57.6 Å². The Bertz CT molecular complexity index is 841. The summed E-state index contributed by atoms with van der Waals surface area (Å²) in [6.07, 6.45) is 5.25. The number of nitrogens with one attached hydrogen (secondary N) is 1. The summed E-state index contributed by atoms with van der Waals surface area (Å²) in [6.45, 7) is 10.3. The Morgan fingerprint density at radius 2 is 1.87 bits per heavy atom. The van der Waals surface area contributed by atoms with Crippen molar-refractivity contribution in [1.82, 2.24) is 20.3 Å². The first-order chi connectivity index (χ1) is 14.4. The van der Waals surface area contributed by atoms with Gasteiger partial charge >= 0.3 is 0 Å². The number of rotatable bonds is 7. The Morgan fingerprint density at radius 1 is 1.20 bits per heavy atom. The van der Waals surface area contributed by atoms with Crippen LogP contribution in [0.1, 0.15) is 42.8 Å². The van der Waals surface area contributed by atoms with E-state index >= 15 is 0 Å². The summed E-state index contributed by atoms with van der Waals surface area (Å²) in [5.41, 5.74) is 3.95. The van der Waals surface area contributed by atoms with E-state index in [2.05, 4.69) is 39.0 Å². The highest BCUT2D eigenvalue weighted by molar-refractivity contribution is 7.98. The van der Waals surface area contributed by atoms with E-state index in [-0.39, 0.29) is 18.1 Å². The Morgan fingerprint density at radius 3 is 2.43 bits per heavy atom. The number of hydrogen-bond donors (Lipinski definition) is 1.